The summed E-state index contributed by atoms with van der Waals surface area (Å²) in [5.41, 5.74) is -0.432. The van der Waals surface area contributed by atoms with Crippen LogP contribution in [0.4, 0.5) is 17.1 Å². The molecule has 0 aliphatic rings. The second-order valence-electron chi connectivity index (χ2n) is 4.23. The first-order chi connectivity index (χ1) is 9.97. The first-order valence-corrected chi connectivity index (χ1v) is 5.98. The smallest absolute Gasteiger partial charge is 0.299 e. The van der Waals surface area contributed by atoms with Crippen molar-refractivity contribution >= 4 is 17.1 Å². The number of aryl methyl sites for hydroxylation is 1. The van der Waals surface area contributed by atoms with Gasteiger partial charge in [0, 0.05) is 26.1 Å². The zero-order valence-electron chi connectivity index (χ0n) is 11.1. The molecule has 0 amide bonds. The van der Waals surface area contributed by atoms with Crippen molar-refractivity contribution in [3.63, 3.8) is 0 Å². The van der Waals surface area contributed by atoms with Gasteiger partial charge in [-0.25, -0.2) is 4.98 Å². The van der Waals surface area contributed by atoms with Crippen molar-refractivity contribution < 1.29 is 9.85 Å². The molecule has 110 valence electrons. The number of nitrogens with one attached hydrogen (secondary N) is 1. The standard InChI is InChI=1S/C11H12N6O4/c1-15-7-13-11(14-15)4-5-12-9-3-2-8(16(18)19)6-10(9)17(20)21/h2-3,6-7,12H,4-5H2,1H3. The van der Waals surface area contributed by atoms with Crippen LogP contribution in [0.2, 0.25) is 0 Å². The molecule has 0 bridgehead atoms. The van der Waals surface area contributed by atoms with Gasteiger partial charge in [0.1, 0.15) is 12.0 Å². The predicted octanol–water partition coefficient (Wildman–Crippen LogP) is 1.29. The SMILES string of the molecule is Cn1cnc(CCNc2ccc([N+](=O)[O-])cc2[N+](=O)[O-])n1. The molecule has 0 radical (unpaired) electrons. The normalized spacial score (nSPS) is 10.3. The minimum Gasteiger partial charge on any atom is -0.379 e. The van der Waals surface area contributed by atoms with Crippen molar-refractivity contribution in [1.29, 1.82) is 0 Å². The predicted molar refractivity (Wildman–Crippen MR) is 72.9 cm³/mol. The van der Waals surface area contributed by atoms with E-state index < -0.39 is 9.85 Å². The highest BCUT2D eigenvalue weighted by Crippen LogP contribution is 2.28. The van der Waals surface area contributed by atoms with Crippen LogP contribution >= 0.6 is 0 Å². The third-order valence-electron chi connectivity index (χ3n) is 2.70. The number of benzene rings is 1. The number of rotatable bonds is 6. The summed E-state index contributed by atoms with van der Waals surface area (Å²) >= 11 is 0. The van der Waals surface area contributed by atoms with Gasteiger partial charge >= 0.3 is 0 Å². The second-order valence-corrected chi connectivity index (χ2v) is 4.23. The molecule has 0 aliphatic heterocycles. The van der Waals surface area contributed by atoms with Gasteiger partial charge in [-0.1, -0.05) is 0 Å². The maximum atomic E-state index is 10.9. The molecule has 21 heavy (non-hydrogen) atoms. The number of anilines is 1. The van der Waals surface area contributed by atoms with E-state index in [0.29, 0.717) is 18.8 Å². The fourth-order valence-electron chi connectivity index (χ4n) is 1.74. The highest BCUT2D eigenvalue weighted by Gasteiger charge is 2.19. The number of nitro groups is 2. The van der Waals surface area contributed by atoms with Crippen molar-refractivity contribution in [1.82, 2.24) is 14.8 Å². The number of nitro benzene ring substituents is 2. The average Bonchev–Trinajstić information content (AvgIpc) is 2.84. The van der Waals surface area contributed by atoms with Gasteiger partial charge in [0.05, 0.1) is 15.9 Å². The first-order valence-electron chi connectivity index (χ1n) is 5.98. The minimum atomic E-state index is -0.672. The van der Waals surface area contributed by atoms with E-state index in [0.717, 1.165) is 6.07 Å². The lowest BCUT2D eigenvalue weighted by molar-refractivity contribution is -0.393. The van der Waals surface area contributed by atoms with Crippen LogP contribution in [0.15, 0.2) is 24.5 Å². The van der Waals surface area contributed by atoms with E-state index in [9.17, 15) is 20.2 Å². The van der Waals surface area contributed by atoms with Gasteiger partial charge in [0.2, 0.25) is 0 Å². The number of hydrogen-bond donors (Lipinski definition) is 1. The van der Waals surface area contributed by atoms with Gasteiger partial charge < -0.3 is 5.32 Å². The van der Waals surface area contributed by atoms with Crippen molar-refractivity contribution in [2.45, 2.75) is 6.42 Å². The summed E-state index contributed by atoms with van der Waals surface area (Å²) < 4.78 is 1.56. The first kappa shape index (κ1) is 14.4. The van der Waals surface area contributed by atoms with Gasteiger partial charge in [-0.05, 0) is 6.07 Å². The molecule has 0 spiro atoms. The van der Waals surface area contributed by atoms with Crippen molar-refractivity contribution in [2.75, 3.05) is 11.9 Å². The molecule has 1 heterocycles. The quantitative estimate of drug-likeness (QED) is 0.627. The summed E-state index contributed by atoms with van der Waals surface area (Å²) in [4.78, 5) is 24.3. The minimum absolute atomic E-state index is 0.224. The molecule has 0 saturated heterocycles. The summed E-state index contributed by atoms with van der Waals surface area (Å²) in [6.45, 7) is 0.378. The Kier molecular flexibility index (Phi) is 4.07. The van der Waals surface area contributed by atoms with Crippen molar-refractivity contribution in [3.05, 3.63) is 50.6 Å². The molecular formula is C11H12N6O4. The van der Waals surface area contributed by atoms with Crippen LogP contribution in [-0.2, 0) is 13.5 Å². The van der Waals surface area contributed by atoms with Crippen LogP contribution in [0.1, 0.15) is 5.82 Å². The lowest BCUT2D eigenvalue weighted by Crippen LogP contribution is -2.08. The van der Waals surface area contributed by atoms with E-state index in [1.165, 1.54) is 12.1 Å². The van der Waals surface area contributed by atoms with Gasteiger partial charge in [0.15, 0.2) is 5.82 Å². The highest BCUT2D eigenvalue weighted by atomic mass is 16.6. The summed E-state index contributed by atoms with van der Waals surface area (Å²) in [7, 11) is 1.74. The Morgan fingerprint density at radius 2 is 2.05 bits per heavy atom. The van der Waals surface area contributed by atoms with Gasteiger partial charge in [-0.2, -0.15) is 5.10 Å². The molecule has 2 rings (SSSR count). The van der Waals surface area contributed by atoms with Crippen molar-refractivity contribution in [3.8, 4) is 0 Å². The lowest BCUT2D eigenvalue weighted by Gasteiger charge is -2.05. The monoisotopic (exact) mass is 292 g/mol. The van der Waals surface area contributed by atoms with Gasteiger partial charge in [-0.15, -0.1) is 0 Å². The molecule has 1 aromatic heterocycles. The number of aromatic nitrogens is 3. The number of nitrogens with zero attached hydrogens (tertiary/aromatic N) is 5. The summed E-state index contributed by atoms with van der Waals surface area (Å²) in [5, 5.41) is 28.5. The van der Waals surface area contributed by atoms with Crippen LogP contribution in [-0.4, -0.2) is 31.2 Å². The van der Waals surface area contributed by atoms with Gasteiger partial charge in [0.25, 0.3) is 11.4 Å². The molecule has 0 unspecified atom stereocenters. The van der Waals surface area contributed by atoms with Crippen molar-refractivity contribution in [2.24, 2.45) is 7.05 Å². The molecule has 0 atom stereocenters. The molecule has 10 heteroatoms. The zero-order valence-corrected chi connectivity index (χ0v) is 11.1. The maximum absolute atomic E-state index is 10.9. The zero-order chi connectivity index (χ0) is 15.4. The topological polar surface area (TPSA) is 129 Å². The number of non-ortho nitro benzene ring substituents is 1. The van der Waals surface area contributed by atoms with E-state index in [4.69, 9.17) is 0 Å². The third-order valence-corrected chi connectivity index (χ3v) is 2.70. The summed E-state index contributed by atoms with van der Waals surface area (Å²) in [5.74, 6) is 0.606. The average molecular weight is 292 g/mol. The molecule has 0 fully saturated rings. The Morgan fingerprint density at radius 3 is 2.62 bits per heavy atom. The highest BCUT2D eigenvalue weighted by molar-refractivity contribution is 5.65. The van der Waals surface area contributed by atoms with E-state index >= 15 is 0 Å². The second kappa shape index (κ2) is 5.94. The fourth-order valence-corrected chi connectivity index (χ4v) is 1.74. The molecular weight excluding hydrogens is 280 g/mol. The van der Waals surface area contributed by atoms with E-state index in [2.05, 4.69) is 15.4 Å². The largest absolute Gasteiger partial charge is 0.379 e. The Labute approximate surface area is 118 Å². The van der Waals surface area contributed by atoms with Crippen LogP contribution in [0.3, 0.4) is 0 Å². The molecule has 1 aromatic carbocycles. The summed E-state index contributed by atoms with van der Waals surface area (Å²) in [6, 6.07) is 3.47. The van der Waals surface area contributed by atoms with Crippen LogP contribution in [0.25, 0.3) is 0 Å². The molecule has 10 nitrogen and oxygen atoms in total. The summed E-state index contributed by atoms with van der Waals surface area (Å²) in [6.07, 6.45) is 2.04. The van der Waals surface area contributed by atoms with Crippen LogP contribution < -0.4 is 5.32 Å². The maximum Gasteiger partial charge on any atom is 0.299 e. The molecule has 1 N–H and O–H groups in total. The Hall–Kier alpha value is -3.04. The number of hydrogen-bond acceptors (Lipinski definition) is 7. The fraction of sp³-hybridized carbons (Fsp3) is 0.273. The van der Waals surface area contributed by atoms with Crippen LogP contribution in [0, 0.1) is 20.2 Å². The Balaban J connectivity index is 2.08. The van der Waals surface area contributed by atoms with E-state index in [1.54, 1.807) is 18.1 Å². The molecule has 0 aliphatic carbocycles. The Bertz CT molecular complexity index is 683. The Morgan fingerprint density at radius 1 is 1.29 bits per heavy atom. The molecule has 0 saturated carbocycles. The third kappa shape index (κ3) is 3.49. The van der Waals surface area contributed by atoms with E-state index in [-0.39, 0.29) is 17.1 Å². The van der Waals surface area contributed by atoms with Crippen LogP contribution in [0.5, 0.6) is 0 Å². The lowest BCUT2D eigenvalue weighted by atomic mass is 10.2. The van der Waals surface area contributed by atoms with E-state index in [1.807, 2.05) is 0 Å². The van der Waals surface area contributed by atoms with Gasteiger partial charge in [-0.3, -0.25) is 24.9 Å². The molecule has 2 aromatic rings.